The van der Waals surface area contributed by atoms with E-state index in [1.807, 2.05) is 35.2 Å². The fourth-order valence-electron chi connectivity index (χ4n) is 4.03. The predicted octanol–water partition coefficient (Wildman–Crippen LogP) is 2.34. The molecule has 0 amide bonds. The average Bonchev–Trinajstić information content (AvgIpc) is 2.85. The first kappa shape index (κ1) is 32.8. The van der Waals surface area contributed by atoms with Crippen molar-refractivity contribution >= 4 is 44.9 Å². The molecule has 1 fully saturated rings. The van der Waals surface area contributed by atoms with E-state index in [2.05, 4.69) is 5.32 Å². The number of anilines is 1. The van der Waals surface area contributed by atoms with E-state index in [1.54, 1.807) is 4.90 Å². The lowest BCUT2D eigenvalue weighted by molar-refractivity contribution is -0.0435. The van der Waals surface area contributed by atoms with Gasteiger partial charge in [-0.3, -0.25) is 9.46 Å². The Morgan fingerprint density at radius 2 is 1.60 bits per heavy atom. The lowest BCUT2D eigenvalue weighted by Crippen LogP contribution is -2.47. The number of benzene rings is 2. The van der Waals surface area contributed by atoms with Gasteiger partial charge in [-0.15, -0.1) is 11.8 Å². The standard InChI is InChI=1S/C22H30F3N4O7PS3/c23-22(24,25)39(33,34)21-14-19(40(26,35)36)6-7-20(21)27-17(15-38-18-4-2-1-3-5-18)8-9-28-10-12-29(13-11-28)16-37(30,31)32/h1-7,14,17,27H,8-13,15-16H2,(H2,26,35,36)(H2,30,31,32). The summed E-state index contributed by atoms with van der Waals surface area (Å²) in [5, 5.41) is 7.91. The van der Waals surface area contributed by atoms with Gasteiger partial charge in [0.15, 0.2) is 0 Å². The normalized spacial score (nSPS) is 17.1. The van der Waals surface area contributed by atoms with Gasteiger partial charge in [-0.25, -0.2) is 22.0 Å². The Morgan fingerprint density at radius 1 is 1.00 bits per heavy atom. The Kier molecular flexibility index (Phi) is 10.7. The summed E-state index contributed by atoms with van der Waals surface area (Å²) in [5.41, 5.74) is -6.09. The topological polar surface area (TPSA) is 170 Å². The fourth-order valence-corrected chi connectivity index (χ4v) is 7.39. The van der Waals surface area contributed by atoms with Gasteiger partial charge in [0.1, 0.15) is 11.2 Å². The Labute approximate surface area is 235 Å². The van der Waals surface area contributed by atoms with Crippen LogP contribution in [0.3, 0.4) is 0 Å². The van der Waals surface area contributed by atoms with Crippen molar-refractivity contribution in [3.8, 4) is 0 Å². The smallest absolute Gasteiger partial charge is 0.380 e. The van der Waals surface area contributed by atoms with Crippen LogP contribution in [0.1, 0.15) is 6.42 Å². The molecule has 3 rings (SSSR count). The molecule has 0 aliphatic carbocycles. The average molecular weight is 647 g/mol. The monoisotopic (exact) mass is 646 g/mol. The summed E-state index contributed by atoms with van der Waals surface area (Å²) in [5.74, 6) is 0.338. The number of primary sulfonamides is 1. The van der Waals surface area contributed by atoms with Crippen LogP contribution in [0.15, 0.2) is 63.2 Å². The maximum absolute atomic E-state index is 13.5. The zero-order chi connectivity index (χ0) is 29.8. The van der Waals surface area contributed by atoms with Crippen molar-refractivity contribution in [3.05, 3.63) is 48.5 Å². The molecule has 0 bridgehead atoms. The molecule has 0 saturated carbocycles. The summed E-state index contributed by atoms with van der Waals surface area (Å²) in [6.07, 6.45) is 0.0322. The van der Waals surface area contributed by atoms with Crippen LogP contribution < -0.4 is 10.5 Å². The highest BCUT2D eigenvalue weighted by molar-refractivity contribution is 7.99. The molecule has 1 unspecified atom stereocenters. The number of thioether (sulfide) groups is 1. The van der Waals surface area contributed by atoms with Crippen molar-refractivity contribution in [3.63, 3.8) is 0 Å². The minimum absolute atomic E-state index is 0.338. The molecule has 1 atom stereocenters. The van der Waals surface area contributed by atoms with Gasteiger partial charge in [-0.2, -0.15) is 13.2 Å². The Morgan fingerprint density at radius 3 is 2.15 bits per heavy atom. The largest absolute Gasteiger partial charge is 0.501 e. The lowest BCUT2D eigenvalue weighted by atomic mass is 10.2. The first-order valence-electron chi connectivity index (χ1n) is 11.9. The number of halogens is 3. The minimum atomic E-state index is -5.93. The van der Waals surface area contributed by atoms with Gasteiger partial charge in [-0.1, -0.05) is 18.2 Å². The molecule has 1 saturated heterocycles. The van der Waals surface area contributed by atoms with E-state index < -0.39 is 54.5 Å². The van der Waals surface area contributed by atoms with Gasteiger partial charge in [0.2, 0.25) is 10.0 Å². The van der Waals surface area contributed by atoms with Gasteiger partial charge in [-0.05, 0) is 36.8 Å². The quantitative estimate of drug-likeness (QED) is 0.197. The number of sulfonamides is 1. The molecule has 1 heterocycles. The summed E-state index contributed by atoms with van der Waals surface area (Å²) in [6.45, 7) is 2.33. The summed E-state index contributed by atoms with van der Waals surface area (Å²) in [7, 11) is -14.6. The van der Waals surface area contributed by atoms with Crippen LogP contribution in [0.5, 0.6) is 0 Å². The van der Waals surface area contributed by atoms with Crippen molar-refractivity contribution in [2.45, 2.75) is 32.7 Å². The summed E-state index contributed by atoms with van der Waals surface area (Å²) < 4.78 is 100. The summed E-state index contributed by atoms with van der Waals surface area (Å²) in [4.78, 5) is 20.9. The van der Waals surface area contributed by atoms with Gasteiger partial charge in [0.25, 0.3) is 9.84 Å². The van der Waals surface area contributed by atoms with Gasteiger partial charge < -0.3 is 20.0 Å². The highest BCUT2D eigenvalue weighted by atomic mass is 32.2. The molecule has 40 heavy (non-hydrogen) atoms. The van der Waals surface area contributed by atoms with E-state index in [0.29, 0.717) is 51.0 Å². The second-order valence-corrected chi connectivity index (χ2v) is 15.3. The molecule has 2 aromatic rings. The number of nitrogens with zero attached hydrogens (tertiary/aromatic N) is 2. The summed E-state index contributed by atoms with van der Waals surface area (Å²) >= 11 is 1.40. The molecule has 11 nitrogen and oxygen atoms in total. The van der Waals surface area contributed by atoms with Crippen molar-refractivity contribution in [2.75, 3.05) is 50.1 Å². The van der Waals surface area contributed by atoms with Crippen LogP contribution in [0, 0.1) is 0 Å². The molecule has 0 spiro atoms. The molecule has 224 valence electrons. The number of nitrogens with two attached hydrogens (primary N) is 1. The third-order valence-electron chi connectivity index (χ3n) is 6.07. The number of nitrogens with one attached hydrogen (secondary N) is 1. The number of piperazine rings is 1. The second kappa shape index (κ2) is 13.1. The first-order valence-corrected chi connectivity index (χ1v) is 17.7. The van der Waals surface area contributed by atoms with Crippen LogP contribution in [0.25, 0.3) is 0 Å². The van der Waals surface area contributed by atoms with Crippen molar-refractivity contribution in [2.24, 2.45) is 5.14 Å². The van der Waals surface area contributed by atoms with Crippen LogP contribution in [0.4, 0.5) is 18.9 Å². The van der Waals surface area contributed by atoms with Crippen molar-refractivity contribution < 1.29 is 44.4 Å². The van der Waals surface area contributed by atoms with E-state index in [9.17, 15) is 44.4 Å². The highest BCUT2D eigenvalue weighted by Gasteiger charge is 2.48. The van der Waals surface area contributed by atoms with Crippen LogP contribution in [-0.4, -0.2) is 92.7 Å². The molecular formula is C22H30F3N4O7PS3. The zero-order valence-electron chi connectivity index (χ0n) is 21.1. The number of rotatable bonds is 12. The Hall–Kier alpha value is -1.69. The minimum Gasteiger partial charge on any atom is -0.380 e. The Bertz CT molecular complexity index is 1420. The maximum atomic E-state index is 13.5. The Balaban J connectivity index is 1.83. The second-order valence-electron chi connectivity index (χ2n) is 9.17. The first-order chi connectivity index (χ1) is 18.5. The fraction of sp³-hybridized carbons (Fsp3) is 0.455. The molecule has 0 aromatic heterocycles. The molecule has 18 heteroatoms. The number of hydrogen-bond acceptors (Lipinski definition) is 9. The van der Waals surface area contributed by atoms with Crippen LogP contribution in [-0.2, 0) is 24.4 Å². The van der Waals surface area contributed by atoms with Crippen LogP contribution in [0.2, 0.25) is 0 Å². The van der Waals surface area contributed by atoms with E-state index >= 15 is 0 Å². The molecule has 1 aliphatic rings. The van der Waals surface area contributed by atoms with Gasteiger partial charge >= 0.3 is 13.1 Å². The zero-order valence-corrected chi connectivity index (χ0v) is 24.4. The molecule has 2 aromatic carbocycles. The van der Waals surface area contributed by atoms with Gasteiger partial charge in [0, 0.05) is 49.4 Å². The van der Waals surface area contributed by atoms with E-state index in [1.165, 1.54) is 11.8 Å². The van der Waals surface area contributed by atoms with Crippen LogP contribution >= 0.6 is 19.4 Å². The van der Waals surface area contributed by atoms with Crippen molar-refractivity contribution in [1.82, 2.24) is 9.80 Å². The van der Waals surface area contributed by atoms with E-state index in [4.69, 9.17) is 5.14 Å². The third kappa shape index (κ3) is 9.42. The number of alkyl halides is 3. The lowest BCUT2D eigenvalue weighted by Gasteiger charge is -2.35. The highest BCUT2D eigenvalue weighted by Crippen LogP contribution is 2.37. The molecule has 5 N–H and O–H groups in total. The van der Waals surface area contributed by atoms with Gasteiger partial charge in [0.05, 0.1) is 10.6 Å². The molecular weight excluding hydrogens is 616 g/mol. The molecule has 1 aliphatic heterocycles. The predicted molar refractivity (Wildman–Crippen MR) is 145 cm³/mol. The number of sulfone groups is 1. The number of hydrogen-bond donors (Lipinski definition) is 4. The van der Waals surface area contributed by atoms with Crippen molar-refractivity contribution in [1.29, 1.82) is 0 Å². The SMILES string of the molecule is NS(=O)(=O)c1ccc(NC(CCN2CCN(CP(=O)(O)O)CC2)CSc2ccccc2)c(S(=O)(=O)C(F)(F)F)c1. The van der Waals surface area contributed by atoms with E-state index in [0.717, 1.165) is 17.0 Å². The third-order valence-corrected chi connectivity index (χ3v) is 10.5. The maximum Gasteiger partial charge on any atom is 0.501 e. The summed E-state index contributed by atoms with van der Waals surface area (Å²) in [6, 6.07) is 10.9. The molecule has 0 radical (unpaired) electrons. The van der Waals surface area contributed by atoms with E-state index in [-0.39, 0.29) is 6.29 Å².